The van der Waals surface area contributed by atoms with Crippen LogP contribution in [-0.2, 0) is 9.47 Å². The van der Waals surface area contributed by atoms with Crippen LogP contribution < -0.4 is 10.6 Å². The quantitative estimate of drug-likeness (QED) is 0.301. The van der Waals surface area contributed by atoms with Crippen molar-refractivity contribution in [3.05, 3.63) is 0 Å². The average molecular weight is 357 g/mol. The van der Waals surface area contributed by atoms with E-state index >= 15 is 0 Å². The second kappa shape index (κ2) is 16.6. The number of unbranched alkanes of at least 4 members (excludes halogenated alkanes) is 1. The van der Waals surface area contributed by atoms with Crippen LogP contribution in [0.5, 0.6) is 0 Å². The monoisotopic (exact) mass is 356 g/mol. The van der Waals surface area contributed by atoms with E-state index in [1.54, 1.807) is 0 Å². The maximum atomic E-state index is 5.58. The highest BCUT2D eigenvalue weighted by atomic mass is 16.5. The molecule has 2 N–H and O–H groups in total. The van der Waals surface area contributed by atoms with Crippen LogP contribution in [-0.4, -0.2) is 76.6 Å². The zero-order valence-corrected chi connectivity index (χ0v) is 16.5. The third-order valence-electron chi connectivity index (χ3n) is 4.28. The van der Waals surface area contributed by atoms with E-state index in [1.165, 1.54) is 45.2 Å². The number of hydrogen-bond donors (Lipinski definition) is 2. The van der Waals surface area contributed by atoms with Crippen molar-refractivity contribution in [3.63, 3.8) is 0 Å². The first kappa shape index (κ1) is 22.2. The van der Waals surface area contributed by atoms with E-state index in [-0.39, 0.29) is 0 Å². The fourth-order valence-corrected chi connectivity index (χ4v) is 2.81. The molecule has 148 valence electrons. The van der Waals surface area contributed by atoms with E-state index in [0.29, 0.717) is 19.8 Å². The van der Waals surface area contributed by atoms with Gasteiger partial charge in [0, 0.05) is 26.2 Å². The molecule has 0 aromatic heterocycles. The van der Waals surface area contributed by atoms with Gasteiger partial charge in [-0.3, -0.25) is 4.99 Å². The molecule has 0 unspecified atom stereocenters. The maximum Gasteiger partial charge on any atom is 0.191 e. The minimum Gasteiger partial charge on any atom is -0.379 e. The van der Waals surface area contributed by atoms with Crippen LogP contribution in [0, 0.1) is 0 Å². The van der Waals surface area contributed by atoms with Crippen LogP contribution in [0.2, 0.25) is 0 Å². The molecule has 0 radical (unpaired) electrons. The first-order valence-corrected chi connectivity index (χ1v) is 10.3. The summed E-state index contributed by atoms with van der Waals surface area (Å²) in [6, 6.07) is 0. The number of nitrogens with one attached hydrogen (secondary N) is 2. The van der Waals surface area contributed by atoms with E-state index in [2.05, 4.69) is 34.4 Å². The molecule has 1 saturated heterocycles. The number of ether oxygens (including phenoxy) is 2. The first-order valence-electron chi connectivity index (χ1n) is 10.3. The Kier molecular flexibility index (Phi) is 14.7. The summed E-state index contributed by atoms with van der Waals surface area (Å²) in [4.78, 5) is 7.22. The normalized spacial score (nSPS) is 16.6. The molecule has 0 atom stereocenters. The highest BCUT2D eigenvalue weighted by Gasteiger charge is 2.08. The van der Waals surface area contributed by atoms with E-state index < -0.39 is 0 Å². The lowest BCUT2D eigenvalue weighted by Crippen LogP contribution is -2.39. The highest BCUT2D eigenvalue weighted by Crippen LogP contribution is 2.08. The molecule has 0 saturated carbocycles. The SMILES string of the molecule is CCCCOCCOCCNC(=NCCN1CCCCCC1)NCC. The average Bonchev–Trinajstić information content (AvgIpc) is 2.89. The van der Waals surface area contributed by atoms with Crippen LogP contribution in [0.15, 0.2) is 4.99 Å². The summed E-state index contributed by atoms with van der Waals surface area (Å²) in [7, 11) is 0. The van der Waals surface area contributed by atoms with Crippen molar-refractivity contribution in [2.75, 3.05) is 65.7 Å². The number of nitrogens with zero attached hydrogens (tertiary/aromatic N) is 2. The largest absolute Gasteiger partial charge is 0.379 e. The molecule has 25 heavy (non-hydrogen) atoms. The molecule has 0 aromatic rings. The summed E-state index contributed by atoms with van der Waals surface area (Å²) < 4.78 is 11.1. The summed E-state index contributed by atoms with van der Waals surface area (Å²) >= 11 is 0. The Morgan fingerprint density at radius 2 is 1.64 bits per heavy atom. The third kappa shape index (κ3) is 13.1. The Morgan fingerprint density at radius 3 is 2.32 bits per heavy atom. The van der Waals surface area contributed by atoms with Crippen molar-refractivity contribution in [2.45, 2.75) is 52.4 Å². The zero-order valence-electron chi connectivity index (χ0n) is 16.5. The molecule has 0 bridgehead atoms. The predicted molar refractivity (Wildman–Crippen MR) is 105 cm³/mol. The standard InChI is InChI=1S/C19H40N4O2/c1-3-5-15-24-17-18-25-16-11-22-19(20-4-2)21-10-14-23-12-8-6-7-9-13-23/h3-18H2,1-2H3,(H2,20,21,22). The maximum absolute atomic E-state index is 5.58. The minimum atomic E-state index is 0.661. The van der Waals surface area contributed by atoms with Gasteiger partial charge in [-0.1, -0.05) is 26.2 Å². The molecular weight excluding hydrogens is 316 g/mol. The Bertz CT molecular complexity index is 319. The molecule has 0 amide bonds. The Hall–Kier alpha value is -0.850. The number of hydrogen-bond acceptors (Lipinski definition) is 4. The molecule has 6 heteroatoms. The van der Waals surface area contributed by atoms with Gasteiger partial charge in [0.25, 0.3) is 0 Å². The molecule has 1 aliphatic rings. The summed E-state index contributed by atoms with van der Waals surface area (Å²) in [5.41, 5.74) is 0. The predicted octanol–water partition coefficient (Wildman–Crippen LogP) is 2.25. The second-order valence-corrected chi connectivity index (χ2v) is 6.52. The van der Waals surface area contributed by atoms with Crippen molar-refractivity contribution in [1.82, 2.24) is 15.5 Å². The van der Waals surface area contributed by atoms with E-state index in [4.69, 9.17) is 9.47 Å². The zero-order chi connectivity index (χ0) is 18.0. The number of aliphatic imine (C=N–C) groups is 1. The lowest BCUT2D eigenvalue weighted by atomic mass is 10.2. The Labute approximate surface area is 154 Å². The van der Waals surface area contributed by atoms with Gasteiger partial charge in [0.1, 0.15) is 0 Å². The fraction of sp³-hybridized carbons (Fsp3) is 0.947. The molecule has 0 aromatic carbocycles. The van der Waals surface area contributed by atoms with Gasteiger partial charge >= 0.3 is 0 Å². The molecule has 1 rings (SSSR count). The lowest BCUT2D eigenvalue weighted by Gasteiger charge is -2.19. The van der Waals surface area contributed by atoms with Crippen molar-refractivity contribution in [2.24, 2.45) is 4.99 Å². The fourth-order valence-electron chi connectivity index (χ4n) is 2.81. The molecule has 0 spiro atoms. The van der Waals surface area contributed by atoms with Gasteiger partial charge < -0.3 is 25.0 Å². The Morgan fingerprint density at radius 1 is 0.920 bits per heavy atom. The van der Waals surface area contributed by atoms with Crippen LogP contribution in [0.25, 0.3) is 0 Å². The third-order valence-corrected chi connectivity index (χ3v) is 4.28. The van der Waals surface area contributed by atoms with Gasteiger partial charge in [0.15, 0.2) is 5.96 Å². The van der Waals surface area contributed by atoms with E-state index in [1.807, 2.05) is 0 Å². The molecule has 1 heterocycles. The van der Waals surface area contributed by atoms with E-state index in [0.717, 1.165) is 45.2 Å². The van der Waals surface area contributed by atoms with Gasteiger partial charge in [-0.05, 0) is 39.3 Å². The summed E-state index contributed by atoms with van der Waals surface area (Å²) in [5, 5.41) is 6.63. The van der Waals surface area contributed by atoms with Crippen molar-refractivity contribution in [1.29, 1.82) is 0 Å². The van der Waals surface area contributed by atoms with Crippen LogP contribution in [0.4, 0.5) is 0 Å². The molecule has 6 nitrogen and oxygen atoms in total. The molecule has 1 aliphatic heterocycles. The van der Waals surface area contributed by atoms with Crippen molar-refractivity contribution >= 4 is 5.96 Å². The van der Waals surface area contributed by atoms with Gasteiger partial charge in [-0.2, -0.15) is 0 Å². The second-order valence-electron chi connectivity index (χ2n) is 6.52. The number of likely N-dealkylation sites (tertiary alicyclic amines) is 1. The topological polar surface area (TPSA) is 58.1 Å². The van der Waals surface area contributed by atoms with E-state index in [9.17, 15) is 0 Å². The van der Waals surface area contributed by atoms with Gasteiger partial charge in [0.05, 0.1) is 26.4 Å². The number of guanidine groups is 1. The van der Waals surface area contributed by atoms with Gasteiger partial charge in [-0.25, -0.2) is 0 Å². The van der Waals surface area contributed by atoms with Crippen molar-refractivity contribution in [3.8, 4) is 0 Å². The Balaban J connectivity index is 2.07. The van der Waals surface area contributed by atoms with Gasteiger partial charge in [0.2, 0.25) is 0 Å². The van der Waals surface area contributed by atoms with Gasteiger partial charge in [-0.15, -0.1) is 0 Å². The molecule has 1 fully saturated rings. The smallest absolute Gasteiger partial charge is 0.191 e. The van der Waals surface area contributed by atoms with Crippen LogP contribution in [0.1, 0.15) is 52.4 Å². The molecule has 0 aliphatic carbocycles. The molecular formula is C19H40N4O2. The summed E-state index contributed by atoms with van der Waals surface area (Å²) in [6.45, 7) is 13.1. The summed E-state index contributed by atoms with van der Waals surface area (Å²) in [5.74, 6) is 0.889. The first-order chi connectivity index (χ1) is 12.4. The highest BCUT2D eigenvalue weighted by molar-refractivity contribution is 5.79. The lowest BCUT2D eigenvalue weighted by molar-refractivity contribution is 0.0487. The number of rotatable bonds is 13. The van der Waals surface area contributed by atoms with Crippen LogP contribution in [0.3, 0.4) is 0 Å². The van der Waals surface area contributed by atoms with Crippen LogP contribution >= 0.6 is 0 Å². The van der Waals surface area contributed by atoms with Crippen molar-refractivity contribution < 1.29 is 9.47 Å². The summed E-state index contributed by atoms with van der Waals surface area (Å²) in [6.07, 6.45) is 7.74. The minimum absolute atomic E-state index is 0.661.